The van der Waals surface area contributed by atoms with E-state index in [-0.39, 0.29) is 11.8 Å². The SMILES string of the molecule is CCN1CCC(CNC(=O)C(Cl)(c2ccccc2)C2CCCCC2)CC1. The van der Waals surface area contributed by atoms with E-state index in [0.717, 1.165) is 57.4 Å². The lowest BCUT2D eigenvalue weighted by Crippen LogP contribution is -2.48. The Morgan fingerprint density at radius 2 is 1.77 bits per heavy atom. The predicted octanol–water partition coefficient (Wildman–Crippen LogP) is 4.55. The van der Waals surface area contributed by atoms with E-state index in [9.17, 15) is 4.79 Å². The molecule has 3 rings (SSSR count). The van der Waals surface area contributed by atoms with Gasteiger partial charge in [0, 0.05) is 6.54 Å². The van der Waals surface area contributed by atoms with Gasteiger partial charge in [-0.1, -0.05) is 56.5 Å². The number of rotatable bonds is 6. The van der Waals surface area contributed by atoms with E-state index in [1.165, 1.54) is 19.3 Å². The standard InChI is InChI=1S/C22H33ClN2O/c1-2-25-15-13-18(14-16-25)17-24-21(26)22(23,19-9-5-3-6-10-19)20-11-7-4-8-12-20/h3,5-6,9-10,18,20H,2,4,7-8,11-17H2,1H3,(H,24,26). The monoisotopic (exact) mass is 376 g/mol. The number of alkyl halides is 1. The summed E-state index contributed by atoms with van der Waals surface area (Å²) in [4.78, 5) is 14.8. The van der Waals surface area contributed by atoms with Crippen molar-refractivity contribution in [1.29, 1.82) is 0 Å². The third-order valence-electron chi connectivity index (χ3n) is 6.40. The topological polar surface area (TPSA) is 32.3 Å². The van der Waals surface area contributed by atoms with Crippen molar-refractivity contribution in [2.24, 2.45) is 11.8 Å². The molecular formula is C22H33ClN2O. The van der Waals surface area contributed by atoms with E-state index in [2.05, 4.69) is 17.1 Å². The fraction of sp³-hybridized carbons (Fsp3) is 0.682. The van der Waals surface area contributed by atoms with Gasteiger partial charge in [-0.05, 0) is 62.7 Å². The summed E-state index contributed by atoms with van der Waals surface area (Å²) in [6, 6.07) is 10.00. The molecule has 1 atom stereocenters. The minimum Gasteiger partial charge on any atom is -0.354 e. The van der Waals surface area contributed by atoms with Gasteiger partial charge in [-0.25, -0.2) is 0 Å². The number of amides is 1. The van der Waals surface area contributed by atoms with Gasteiger partial charge < -0.3 is 10.2 Å². The summed E-state index contributed by atoms with van der Waals surface area (Å²) in [7, 11) is 0. The number of nitrogens with one attached hydrogen (secondary N) is 1. The Hall–Kier alpha value is -1.06. The van der Waals surface area contributed by atoms with E-state index in [4.69, 9.17) is 11.6 Å². The van der Waals surface area contributed by atoms with Gasteiger partial charge in [0.25, 0.3) is 0 Å². The quantitative estimate of drug-likeness (QED) is 0.738. The van der Waals surface area contributed by atoms with Crippen LogP contribution in [0.2, 0.25) is 0 Å². The van der Waals surface area contributed by atoms with Crippen LogP contribution in [-0.2, 0) is 9.67 Å². The lowest BCUT2D eigenvalue weighted by Gasteiger charge is -2.38. The fourth-order valence-corrected chi connectivity index (χ4v) is 5.02. The second-order valence-electron chi connectivity index (χ2n) is 8.00. The first-order valence-corrected chi connectivity index (χ1v) is 10.8. The van der Waals surface area contributed by atoms with Crippen molar-refractivity contribution >= 4 is 17.5 Å². The zero-order chi connectivity index (χ0) is 18.4. The lowest BCUT2D eigenvalue weighted by atomic mass is 9.75. The first kappa shape index (κ1) is 19.7. The molecule has 1 saturated heterocycles. The molecule has 4 heteroatoms. The molecule has 1 N–H and O–H groups in total. The van der Waals surface area contributed by atoms with Crippen molar-refractivity contribution in [1.82, 2.24) is 10.2 Å². The van der Waals surface area contributed by atoms with Crippen LogP contribution in [-0.4, -0.2) is 37.0 Å². The highest BCUT2D eigenvalue weighted by Gasteiger charge is 2.45. The van der Waals surface area contributed by atoms with Gasteiger partial charge in [-0.2, -0.15) is 0 Å². The highest BCUT2D eigenvalue weighted by Crippen LogP contribution is 2.44. The number of likely N-dealkylation sites (tertiary alicyclic amines) is 1. The average molecular weight is 377 g/mol. The van der Waals surface area contributed by atoms with Crippen LogP contribution in [0.3, 0.4) is 0 Å². The molecular weight excluding hydrogens is 344 g/mol. The summed E-state index contributed by atoms with van der Waals surface area (Å²) in [6.07, 6.45) is 8.02. The molecule has 0 bridgehead atoms. The first-order chi connectivity index (χ1) is 12.6. The van der Waals surface area contributed by atoms with Crippen LogP contribution in [0.4, 0.5) is 0 Å². The van der Waals surface area contributed by atoms with Crippen molar-refractivity contribution in [3.05, 3.63) is 35.9 Å². The van der Waals surface area contributed by atoms with Crippen molar-refractivity contribution in [3.8, 4) is 0 Å². The van der Waals surface area contributed by atoms with E-state index in [1.54, 1.807) is 0 Å². The maximum Gasteiger partial charge on any atom is 0.246 e. The number of benzene rings is 1. The first-order valence-electron chi connectivity index (χ1n) is 10.4. The largest absolute Gasteiger partial charge is 0.354 e. The lowest BCUT2D eigenvalue weighted by molar-refractivity contribution is -0.126. The molecule has 1 heterocycles. The molecule has 2 aliphatic rings. The molecule has 1 aromatic carbocycles. The molecule has 144 valence electrons. The van der Waals surface area contributed by atoms with Crippen LogP contribution in [0.5, 0.6) is 0 Å². The highest BCUT2D eigenvalue weighted by molar-refractivity contribution is 6.35. The smallest absolute Gasteiger partial charge is 0.246 e. The summed E-state index contributed by atoms with van der Waals surface area (Å²) < 4.78 is 0. The third kappa shape index (κ3) is 4.43. The number of nitrogens with zero attached hydrogens (tertiary/aromatic N) is 1. The van der Waals surface area contributed by atoms with E-state index >= 15 is 0 Å². The fourth-order valence-electron chi connectivity index (χ4n) is 4.61. The number of halogens is 1. The Balaban J connectivity index is 1.67. The van der Waals surface area contributed by atoms with E-state index in [0.29, 0.717) is 5.92 Å². The van der Waals surface area contributed by atoms with Crippen LogP contribution in [0, 0.1) is 11.8 Å². The van der Waals surface area contributed by atoms with Crippen molar-refractivity contribution in [2.75, 3.05) is 26.2 Å². The number of hydrogen-bond donors (Lipinski definition) is 1. The third-order valence-corrected chi connectivity index (χ3v) is 7.10. The van der Waals surface area contributed by atoms with Crippen molar-refractivity contribution < 1.29 is 4.79 Å². The van der Waals surface area contributed by atoms with Gasteiger partial charge in [0.1, 0.15) is 0 Å². The molecule has 1 aromatic rings. The van der Waals surface area contributed by atoms with Crippen molar-refractivity contribution in [3.63, 3.8) is 0 Å². The average Bonchev–Trinajstić information content (AvgIpc) is 2.73. The minimum atomic E-state index is -0.925. The number of carbonyl (C=O) groups is 1. The van der Waals surface area contributed by atoms with Crippen LogP contribution < -0.4 is 5.32 Å². The molecule has 1 unspecified atom stereocenters. The molecule has 0 radical (unpaired) electrons. The summed E-state index contributed by atoms with van der Waals surface area (Å²) in [5, 5.41) is 3.23. The zero-order valence-electron chi connectivity index (χ0n) is 16.1. The zero-order valence-corrected chi connectivity index (χ0v) is 16.8. The Morgan fingerprint density at radius 3 is 2.38 bits per heavy atom. The van der Waals surface area contributed by atoms with Gasteiger partial charge in [0.2, 0.25) is 5.91 Å². The summed E-state index contributed by atoms with van der Waals surface area (Å²) in [5.41, 5.74) is 0.951. The molecule has 2 fully saturated rings. The highest BCUT2D eigenvalue weighted by atomic mass is 35.5. The normalized spacial score (nSPS) is 22.7. The number of piperidine rings is 1. The summed E-state index contributed by atoms with van der Waals surface area (Å²) >= 11 is 7.14. The second-order valence-corrected chi connectivity index (χ2v) is 8.60. The minimum absolute atomic E-state index is 0.00943. The molecule has 1 aliphatic heterocycles. The van der Waals surface area contributed by atoms with Crippen molar-refractivity contribution in [2.45, 2.75) is 56.7 Å². The van der Waals surface area contributed by atoms with Crippen LogP contribution in [0.1, 0.15) is 57.4 Å². The number of carbonyl (C=O) groups excluding carboxylic acids is 1. The Bertz CT molecular complexity index is 565. The number of hydrogen-bond acceptors (Lipinski definition) is 2. The molecule has 1 aliphatic carbocycles. The molecule has 1 saturated carbocycles. The molecule has 1 amide bonds. The molecule has 0 spiro atoms. The van der Waals surface area contributed by atoms with Gasteiger partial charge >= 0.3 is 0 Å². The van der Waals surface area contributed by atoms with Gasteiger partial charge in [-0.15, -0.1) is 11.6 Å². The van der Waals surface area contributed by atoms with Crippen LogP contribution >= 0.6 is 11.6 Å². The molecule has 0 aromatic heterocycles. The van der Waals surface area contributed by atoms with Crippen LogP contribution in [0.25, 0.3) is 0 Å². The van der Waals surface area contributed by atoms with E-state index < -0.39 is 4.87 Å². The predicted molar refractivity (Wildman–Crippen MR) is 108 cm³/mol. The van der Waals surface area contributed by atoms with Gasteiger partial charge in [-0.3, -0.25) is 4.79 Å². The summed E-state index contributed by atoms with van der Waals surface area (Å²) in [5.74, 6) is 0.808. The summed E-state index contributed by atoms with van der Waals surface area (Å²) in [6.45, 7) is 6.38. The van der Waals surface area contributed by atoms with E-state index in [1.807, 2.05) is 30.3 Å². The maximum absolute atomic E-state index is 13.3. The molecule has 26 heavy (non-hydrogen) atoms. The van der Waals surface area contributed by atoms with Gasteiger partial charge in [0.15, 0.2) is 4.87 Å². The Kier molecular flexibility index (Phi) is 6.99. The maximum atomic E-state index is 13.3. The molecule has 3 nitrogen and oxygen atoms in total. The van der Waals surface area contributed by atoms with Crippen LogP contribution in [0.15, 0.2) is 30.3 Å². The van der Waals surface area contributed by atoms with Gasteiger partial charge in [0.05, 0.1) is 0 Å². The Labute approximate surface area is 163 Å². The Morgan fingerprint density at radius 1 is 1.12 bits per heavy atom. The second kappa shape index (κ2) is 9.23.